The monoisotopic (exact) mass is 309 g/mol. The van der Waals surface area contributed by atoms with Crippen LogP contribution < -0.4 is 0 Å². The van der Waals surface area contributed by atoms with Crippen LogP contribution in [0.3, 0.4) is 0 Å². The Balaban J connectivity index is 0.000000229. The molecule has 1 saturated heterocycles. The van der Waals surface area contributed by atoms with Crippen LogP contribution in [0.1, 0.15) is 23.2 Å². The van der Waals surface area contributed by atoms with Crippen molar-refractivity contribution in [1.82, 2.24) is 0 Å². The molecule has 1 N–H and O–H groups in total. The molecule has 1 aliphatic heterocycles. The zero-order valence-corrected chi connectivity index (χ0v) is 12.7. The maximum absolute atomic E-state index is 12.7. The summed E-state index contributed by atoms with van der Waals surface area (Å²) in [6, 6.07) is 10.3. The third kappa shape index (κ3) is 4.68. The Labute approximate surface area is 135 Å². The number of carbonyl (C=O) groups is 1. The number of carbonyl (C=O) groups excluding carboxylic acids is 1. The Bertz CT molecular complexity index is 704. The minimum absolute atomic E-state index is 0.0669. The quantitative estimate of drug-likeness (QED) is 0.662. The lowest BCUT2D eigenvalue weighted by Gasteiger charge is -2.05. The van der Waals surface area contributed by atoms with Crippen LogP contribution in [0.5, 0.6) is 5.75 Å². The molecule has 23 heavy (non-hydrogen) atoms. The van der Waals surface area contributed by atoms with Crippen molar-refractivity contribution in [3.8, 4) is 22.8 Å². The minimum Gasteiger partial charge on any atom is -0.507 e. The molecular weight excluding hydrogens is 292 g/mol. The largest absolute Gasteiger partial charge is 0.507 e. The predicted octanol–water partition coefficient (Wildman–Crippen LogP) is 4.35. The van der Waals surface area contributed by atoms with Crippen LogP contribution in [-0.4, -0.2) is 18.1 Å². The van der Waals surface area contributed by atoms with Gasteiger partial charge in [-0.05, 0) is 35.9 Å². The van der Waals surface area contributed by atoms with E-state index in [1.807, 2.05) is 0 Å². The summed E-state index contributed by atoms with van der Waals surface area (Å²) >= 11 is 0. The van der Waals surface area contributed by atoms with Gasteiger partial charge in [0.25, 0.3) is 6.71 Å². The van der Waals surface area contributed by atoms with Gasteiger partial charge in [-0.2, -0.15) is 0 Å². The summed E-state index contributed by atoms with van der Waals surface area (Å²) in [6.45, 7) is 0.403. The Morgan fingerprint density at radius 3 is 2.30 bits per heavy atom. The van der Waals surface area contributed by atoms with Gasteiger partial charge in [0.2, 0.25) is 0 Å². The van der Waals surface area contributed by atoms with Crippen LogP contribution in [0.25, 0.3) is 11.1 Å². The maximum atomic E-state index is 12.7. The number of hydrogen-bond acceptors (Lipinski definition) is 3. The number of nitrogens with zero attached hydrogens (tertiary/aromatic N) is 1. The molecule has 2 aromatic carbocycles. The number of halogens is 1. The number of aromatic hydroxyl groups is 1. The summed E-state index contributed by atoms with van der Waals surface area (Å²) in [4.78, 5) is 10.6. The van der Waals surface area contributed by atoms with Gasteiger partial charge in [0.05, 0.1) is 0 Å². The molecule has 1 aliphatic rings. The van der Waals surface area contributed by atoms with Gasteiger partial charge in [0.1, 0.15) is 17.9 Å². The van der Waals surface area contributed by atoms with E-state index in [0.29, 0.717) is 29.7 Å². The third-order valence-corrected chi connectivity index (χ3v) is 3.85. The number of benzene rings is 2. The van der Waals surface area contributed by atoms with Gasteiger partial charge in [0.15, 0.2) is 0 Å². The van der Waals surface area contributed by atoms with Crippen LogP contribution in [-0.2, 0) is 0 Å². The standard InChI is InChI=1S/C13H9FO2.C5H8BN/c14-11-4-2-10(3-5-11)12-7-9(8-15)1-6-13(12)16;7-5-6-3-1-2-4-6/h1-8,16H;1-4H2. The zero-order chi connectivity index (χ0) is 16.7. The normalized spacial score (nSPS) is 13.0. The van der Waals surface area contributed by atoms with Crippen molar-refractivity contribution in [2.45, 2.75) is 25.5 Å². The summed E-state index contributed by atoms with van der Waals surface area (Å²) in [5.74, 6) is 1.99. The lowest BCUT2D eigenvalue weighted by molar-refractivity contribution is 0.112. The van der Waals surface area contributed by atoms with Gasteiger partial charge in [-0.1, -0.05) is 37.6 Å². The second kappa shape index (κ2) is 8.14. The third-order valence-electron chi connectivity index (χ3n) is 3.85. The number of phenols is 1. The van der Waals surface area contributed by atoms with E-state index >= 15 is 0 Å². The molecule has 2 aromatic rings. The molecule has 0 aromatic heterocycles. The van der Waals surface area contributed by atoms with Crippen LogP contribution in [0.2, 0.25) is 12.6 Å². The van der Waals surface area contributed by atoms with Crippen LogP contribution >= 0.6 is 0 Å². The molecule has 0 amide bonds. The smallest absolute Gasteiger partial charge is 0.267 e. The van der Waals surface area contributed by atoms with Crippen LogP contribution in [0.15, 0.2) is 42.5 Å². The van der Waals surface area contributed by atoms with Gasteiger partial charge < -0.3 is 5.11 Å². The highest BCUT2D eigenvalue weighted by molar-refractivity contribution is 6.67. The Hall–Kier alpha value is -2.61. The number of hydrogen-bond donors (Lipinski definition) is 1. The highest BCUT2D eigenvalue weighted by Gasteiger charge is 2.17. The Morgan fingerprint density at radius 1 is 1.13 bits per heavy atom. The lowest BCUT2D eigenvalue weighted by Crippen LogP contribution is -1.99. The second-order valence-corrected chi connectivity index (χ2v) is 5.51. The first-order valence-corrected chi connectivity index (χ1v) is 7.58. The molecule has 1 heterocycles. The molecule has 0 atom stereocenters. The summed E-state index contributed by atoms with van der Waals surface area (Å²) in [5.41, 5.74) is 1.66. The SMILES string of the molecule is N#CB1CCCC1.O=Cc1ccc(O)c(-c2ccc(F)cc2)c1. The average Bonchev–Trinajstić information content (AvgIpc) is 3.10. The minimum atomic E-state index is -0.338. The fraction of sp³-hybridized carbons (Fsp3) is 0.222. The molecule has 116 valence electrons. The summed E-state index contributed by atoms with van der Waals surface area (Å²) < 4.78 is 12.7. The number of rotatable bonds is 2. The first-order valence-electron chi connectivity index (χ1n) is 7.58. The molecule has 3 nitrogen and oxygen atoms in total. The van der Waals surface area contributed by atoms with Crippen molar-refractivity contribution in [3.05, 3.63) is 53.8 Å². The molecule has 1 fully saturated rings. The predicted molar refractivity (Wildman–Crippen MR) is 89.1 cm³/mol. The van der Waals surface area contributed by atoms with E-state index in [9.17, 15) is 14.3 Å². The first-order chi connectivity index (χ1) is 11.1. The first kappa shape index (κ1) is 16.8. The van der Waals surface area contributed by atoms with E-state index in [1.165, 1.54) is 37.1 Å². The van der Waals surface area contributed by atoms with Crippen molar-refractivity contribution in [2.24, 2.45) is 0 Å². The number of phenolic OH excluding ortho intramolecular Hbond substituents is 1. The van der Waals surface area contributed by atoms with Crippen molar-refractivity contribution >= 4 is 13.0 Å². The number of aldehydes is 1. The molecule has 5 heteroatoms. The maximum Gasteiger partial charge on any atom is 0.267 e. The summed E-state index contributed by atoms with van der Waals surface area (Å²) in [7, 11) is 0. The van der Waals surface area contributed by atoms with Crippen molar-refractivity contribution < 1.29 is 14.3 Å². The van der Waals surface area contributed by atoms with E-state index in [4.69, 9.17) is 5.26 Å². The fourth-order valence-electron chi connectivity index (χ4n) is 2.54. The topological polar surface area (TPSA) is 61.1 Å². The van der Waals surface area contributed by atoms with Crippen molar-refractivity contribution in [3.63, 3.8) is 0 Å². The summed E-state index contributed by atoms with van der Waals surface area (Å²) in [6.07, 6.45) is 5.55. The molecular formula is C18H17BFNO2. The average molecular weight is 309 g/mol. The molecule has 0 bridgehead atoms. The van der Waals surface area contributed by atoms with E-state index in [2.05, 4.69) is 5.97 Å². The van der Waals surface area contributed by atoms with Gasteiger partial charge >= 0.3 is 0 Å². The Morgan fingerprint density at radius 2 is 1.78 bits per heavy atom. The lowest BCUT2D eigenvalue weighted by atomic mass is 9.50. The second-order valence-electron chi connectivity index (χ2n) is 5.51. The van der Waals surface area contributed by atoms with E-state index in [1.54, 1.807) is 18.2 Å². The fourth-order valence-corrected chi connectivity index (χ4v) is 2.54. The van der Waals surface area contributed by atoms with Gasteiger partial charge in [-0.15, -0.1) is 0 Å². The molecule has 0 aliphatic carbocycles. The highest BCUT2D eigenvalue weighted by Crippen LogP contribution is 2.29. The van der Waals surface area contributed by atoms with E-state index < -0.39 is 0 Å². The summed E-state index contributed by atoms with van der Waals surface area (Å²) in [5, 5.41) is 18.0. The van der Waals surface area contributed by atoms with E-state index in [0.717, 1.165) is 12.6 Å². The Kier molecular flexibility index (Phi) is 5.93. The zero-order valence-electron chi connectivity index (χ0n) is 12.7. The van der Waals surface area contributed by atoms with Gasteiger partial charge in [-0.25, -0.2) is 9.65 Å². The molecule has 0 unspecified atom stereocenters. The van der Waals surface area contributed by atoms with Gasteiger partial charge in [0, 0.05) is 17.1 Å². The molecule has 3 rings (SSSR count). The highest BCUT2D eigenvalue weighted by atomic mass is 19.1. The number of nitriles is 1. The molecule has 0 saturated carbocycles. The molecule has 0 radical (unpaired) electrons. The van der Waals surface area contributed by atoms with Crippen molar-refractivity contribution in [1.29, 1.82) is 5.26 Å². The van der Waals surface area contributed by atoms with Crippen molar-refractivity contribution in [2.75, 3.05) is 0 Å². The van der Waals surface area contributed by atoms with E-state index in [-0.39, 0.29) is 11.6 Å². The molecule has 0 spiro atoms. The van der Waals surface area contributed by atoms with Gasteiger partial charge in [-0.3, -0.25) is 4.79 Å². The van der Waals surface area contributed by atoms with Crippen LogP contribution in [0, 0.1) is 17.0 Å². The van der Waals surface area contributed by atoms with Crippen LogP contribution in [0.4, 0.5) is 4.39 Å².